The third kappa shape index (κ3) is 4.26. The number of amides is 2. The molecule has 4 nitrogen and oxygen atoms in total. The Hall–Kier alpha value is -3.05. The fourth-order valence-corrected chi connectivity index (χ4v) is 4.32. The summed E-state index contributed by atoms with van der Waals surface area (Å²) in [6.07, 6.45) is 0.869. The summed E-state index contributed by atoms with van der Waals surface area (Å²) in [5.74, 6) is -0.288. The molecule has 1 aliphatic heterocycles. The molecule has 1 heterocycles. The molecule has 0 radical (unpaired) electrons. The van der Waals surface area contributed by atoms with Crippen LogP contribution in [0.4, 0.5) is 11.4 Å². The van der Waals surface area contributed by atoms with Gasteiger partial charge in [-0.3, -0.25) is 9.59 Å². The summed E-state index contributed by atoms with van der Waals surface area (Å²) in [4.78, 5) is 26.0. The van der Waals surface area contributed by atoms with Crippen molar-refractivity contribution in [2.45, 2.75) is 23.0 Å². The second kappa shape index (κ2) is 8.31. The Morgan fingerprint density at radius 1 is 0.929 bits per heavy atom. The Morgan fingerprint density at radius 2 is 1.64 bits per heavy atom. The first-order valence-corrected chi connectivity index (χ1v) is 10.1. The minimum Gasteiger partial charge on any atom is -0.326 e. The van der Waals surface area contributed by atoms with E-state index in [-0.39, 0.29) is 18.2 Å². The maximum absolute atomic E-state index is 12.6. The molecular weight excluding hydrogens is 368 g/mol. The number of hydrogen-bond donors (Lipinski definition) is 2. The summed E-state index contributed by atoms with van der Waals surface area (Å²) < 4.78 is 0. The zero-order valence-electron chi connectivity index (χ0n) is 15.2. The van der Waals surface area contributed by atoms with Crippen molar-refractivity contribution in [3.63, 3.8) is 0 Å². The van der Waals surface area contributed by atoms with Crippen LogP contribution in [0.15, 0.2) is 83.8 Å². The number of fused-ring (bicyclic) bond motifs is 1. The molecule has 3 aromatic rings. The van der Waals surface area contributed by atoms with E-state index in [1.807, 2.05) is 66.7 Å². The molecule has 1 aliphatic rings. The molecule has 0 unspecified atom stereocenters. The van der Waals surface area contributed by atoms with Crippen LogP contribution >= 0.6 is 11.8 Å². The van der Waals surface area contributed by atoms with Gasteiger partial charge in [-0.15, -0.1) is 11.8 Å². The first-order chi connectivity index (χ1) is 13.7. The van der Waals surface area contributed by atoms with Gasteiger partial charge in [-0.25, -0.2) is 0 Å². The summed E-state index contributed by atoms with van der Waals surface area (Å²) in [7, 11) is 0. The third-order valence-corrected chi connectivity index (χ3v) is 5.88. The van der Waals surface area contributed by atoms with E-state index >= 15 is 0 Å². The van der Waals surface area contributed by atoms with Crippen molar-refractivity contribution < 1.29 is 9.59 Å². The minimum atomic E-state index is -0.434. The standard InChI is InChI=1S/C23H20N2O2S/c26-22(15-21-23(27)25-19-12-6-7-13-20(19)28-21)24-18-11-5-4-10-17(18)14-16-8-2-1-3-9-16/h1-13,21H,14-15H2,(H,24,26)(H,25,27)/t21-/m1/s1. The van der Waals surface area contributed by atoms with E-state index in [2.05, 4.69) is 22.8 Å². The van der Waals surface area contributed by atoms with Crippen molar-refractivity contribution in [2.75, 3.05) is 10.6 Å². The number of rotatable bonds is 5. The number of para-hydroxylation sites is 2. The van der Waals surface area contributed by atoms with Crippen molar-refractivity contribution >= 4 is 35.0 Å². The van der Waals surface area contributed by atoms with Crippen molar-refractivity contribution in [3.8, 4) is 0 Å². The molecule has 0 fully saturated rings. The highest BCUT2D eigenvalue weighted by molar-refractivity contribution is 8.01. The monoisotopic (exact) mass is 388 g/mol. The molecule has 5 heteroatoms. The predicted molar refractivity (Wildman–Crippen MR) is 114 cm³/mol. The van der Waals surface area contributed by atoms with Crippen LogP contribution in [0.25, 0.3) is 0 Å². The maximum atomic E-state index is 12.6. The zero-order valence-corrected chi connectivity index (χ0v) is 16.0. The second-order valence-corrected chi connectivity index (χ2v) is 7.91. The average Bonchev–Trinajstić information content (AvgIpc) is 2.71. The van der Waals surface area contributed by atoms with Gasteiger partial charge in [0.15, 0.2) is 0 Å². The summed E-state index contributed by atoms with van der Waals surface area (Å²) in [6.45, 7) is 0. The molecule has 1 atom stereocenters. The number of carbonyl (C=O) groups excluding carboxylic acids is 2. The Balaban J connectivity index is 1.44. The maximum Gasteiger partial charge on any atom is 0.238 e. The van der Waals surface area contributed by atoms with Crippen LogP contribution in [0.2, 0.25) is 0 Å². The molecule has 0 saturated heterocycles. The van der Waals surface area contributed by atoms with E-state index in [4.69, 9.17) is 0 Å². The van der Waals surface area contributed by atoms with Crippen LogP contribution in [0.5, 0.6) is 0 Å². The van der Waals surface area contributed by atoms with Gasteiger partial charge in [0.1, 0.15) is 0 Å². The number of carbonyl (C=O) groups is 2. The smallest absolute Gasteiger partial charge is 0.238 e. The second-order valence-electron chi connectivity index (χ2n) is 6.66. The first kappa shape index (κ1) is 18.3. The largest absolute Gasteiger partial charge is 0.326 e. The van der Waals surface area contributed by atoms with Gasteiger partial charge in [0, 0.05) is 17.0 Å². The van der Waals surface area contributed by atoms with E-state index in [9.17, 15) is 9.59 Å². The van der Waals surface area contributed by atoms with Crippen LogP contribution in [-0.4, -0.2) is 17.1 Å². The molecular formula is C23H20N2O2S. The summed E-state index contributed by atoms with van der Waals surface area (Å²) >= 11 is 1.44. The Morgan fingerprint density at radius 3 is 2.50 bits per heavy atom. The molecule has 2 amide bonds. The van der Waals surface area contributed by atoms with Crippen LogP contribution in [0.1, 0.15) is 17.5 Å². The molecule has 0 bridgehead atoms. The minimum absolute atomic E-state index is 0.128. The normalized spacial score (nSPS) is 15.4. The van der Waals surface area contributed by atoms with Gasteiger partial charge in [-0.2, -0.15) is 0 Å². The first-order valence-electron chi connectivity index (χ1n) is 9.17. The van der Waals surface area contributed by atoms with Crippen LogP contribution < -0.4 is 10.6 Å². The van der Waals surface area contributed by atoms with E-state index in [1.165, 1.54) is 17.3 Å². The van der Waals surface area contributed by atoms with E-state index in [1.54, 1.807) is 0 Å². The summed E-state index contributed by atoms with van der Waals surface area (Å²) in [5.41, 5.74) is 3.83. The lowest BCUT2D eigenvalue weighted by Crippen LogP contribution is -2.32. The molecule has 140 valence electrons. The highest BCUT2D eigenvalue weighted by Gasteiger charge is 2.28. The molecule has 3 aromatic carbocycles. The summed E-state index contributed by atoms with van der Waals surface area (Å²) in [6, 6.07) is 25.6. The Labute approximate surface area is 168 Å². The predicted octanol–water partition coefficient (Wildman–Crippen LogP) is 4.72. The molecule has 0 aromatic heterocycles. The Kier molecular flexibility index (Phi) is 5.44. The van der Waals surface area contributed by atoms with E-state index in [0.29, 0.717) is 0 Å². The van der Waals surface area contributed by atoms with Crippen molar-refractivity contribution in [1.29, 1.82) is 0 Å². The average molecular weight is 388 g/mol. The van der Waals surface area contributed by atoms with Gasteiger partial charge in [-0.05, 0) is 35.7 Å². The lowest BCUT2D eigenvalue weighted by molar-refractivity contribution is -0.120. The molecule has 0 saturated carbocycles. The van der Waals surface area contributed by atoms with Crippen LogP contribution in [0.3, 0.4) is 0 Å². The third-order valence-electron chi connectivity index (χ3n) is 4.61. The fraction of sp³-hybridized carbons (Fsp3) is 0.130. The number of nitrogens with one attached hydrogen (secondary N) is 2. The van der Waals surface area contributed by atoms with Gasteiger partial charge in [0.25, 0.3) is 0 Å². The van der Waals surface area contributed by atoms with Gasteiger partial charge in [0.05, 0.1) is 10.9 Å². The molecule has 4 rings (SSSR count). The number of thioether (sulfide) groups is 1. The van der Waals surface area contributed by atoms with Crippen molar-refractivity contribution in [1.82, 2.24) is 0 Å². The molecule has 2 N–H and O–H groups in total. The van der Waals surface area contributed by atoms with Crippen molar-refractivity contribution in [3.05, 3.63) is 90.0 Å². The highest BCUT2D eigenvalue weighted by Crippen LogP contribution is 2.36. The number of benzene rings is 3. The van der Waals surface area contributed by atoms with Gasteiger partial charge in [-0.1, -0.05) is 60.7 Å². The molecule has 0 spiro atoms. The lowest BCUT2D eigenvalue weighted by atomic mass is 10.0. The SMILES string of the molecule is O=C(C[C@H]1Sc2ccccc2NC1=O)Nc1ccccc1Cc1ccccc1. The van der Waals surface area contributed by atoms with Gasteiger partial charge >= 0.3 is 0 Å². The number of anilines is 2. The van der Waals surface area contributed by atoms with Crippen LogP contribution in [-0.2, 0) is 16.0 Å². The quantitative estimate of drug-likeness (QED) is 0.665. The Bertz CT molecular complexity index is 1000. The van der Waals surface area contributed by atoms with Gasteiger partial charge in [0.2, 0.25) is 11.8 Å². The van der Waals surface area contributed by atoms with Crippen molar-refractivity contribution in [2.24, 2.45) is 0 Å². The van der Waals surface area contributed by atoms with Crippen LogP contribution in [0, 0.1) is 0 Å². The van der Waals surface area contributed by atoms with E-state index < -0.39 is 5.25 Å². The summed E-state index contributed by atoms with van der Waals surface area (Å²) in [5, 5.41) is 5.44. The number of hydrogen-bond acceptors (Lipinski definition) is 3. The van der Waals surface area contributed by atoms with E-state index in [0.717, 1.165) is 28.3 Å². The molecule has 0 aliphatic carbocycles. The van der Waals surface area contributed by atoms with Gasteiger partial charge < -0.3 is 10.6 Å². The lowest BCUT2D eigenvalue weighted by Gasteiger charge is -2.23. The molecule has 28 heavy (non-hydrogen) atoms. The zero-order chi connectivity index (χ0) is 19.3. The highest BCUT2D eigenvalue weighted by atomic mass is 32.2. The fourth-order valence-electron chi connectivity index (χ4n) is 3.21. The topological polar surface area (TPSA) is 58.2 Å².